The van der Waals surface area contributed by atoms with Crippen LogP contribution in [0.1, 0.15) is 43.2 Å². The second kappa shape index (κ2) is 5.27. The van der Waals surface area contributed by atoms with Crippen molar-refractivity contribution < 1.29 is 18.7 Å². The zero-order valence-corrected chi connectivity index (χ0v) is 10.9. The molecule has 2 nitrogen and oxygen atoms in total. The van der Waals surface area contributed by atoms with E-state index in [4.69, 9.17) is 5.11 Å². The molecule has 0 amide bonds. The molecule has 0 spiro atoms. The summed E-state index contributed by atoms with van der Waals surface area (Å²) in [5, 5.41) is 9.00. The van der Waals surface area contributed by atoms with E-state index in [-0.39, 0.29) is 18.8 Å². The van der Waals surface area contributed by atoms with Crippen molar-refractivity contribution in [2.24, 2.45) is 5.92 Å². The molecule has 1 saturated carbocycles. The lowest BCUT2D eigenvalue weighted by molar-refractivity contribution is -0.137. The summed E-state index contributed by atoms with van der Waals surface area (Å²) >= 11 is 0. The largest absolute Gasteiger partial charge is 0.481 e. The molecule has 2 rings (SSSR count). The van der Waals surface area contributed by atoms with Crippen LogP contribution in [0.15, 0.2) is 24.3 Å². The van der Waals surface area contributed by atoms with Crippen molar-refractivity contribution in [3.8, 4) is 0 Å². The third-order valence-corrected chi connectivity index (χ3v) is 3.54. The average Bonchev–Trinajstić information content (AvgIpc) is 3.08. The van der Waals surface area contributed by atoms with E-state index in [1.807, 2.05) is 0 Å². The van der Waals surface area contributed by atoms with E-state index in [1.165, 1.54) is 0 Å². The quantitative estimate of drug-likeness (QED) is 0.850. The summed E-state index contributed by atoms with van der Waals surface area (Å²) in [6, 6.07) is 7.01. The number of carbonyl (C=O) groups is 1. The van der Waals surface area contributed by atoms with Gasteiger partial charge in [0.2, 0.25) is 5.92 Å². The Bertz CT molecular complexity index is 461. The zero-order chi connectivity index (χ0) is 14.0. The molecule has 0 radical (unpaired) electrons. The lowest BCUT2D eigenvalue weighted by atomic mass is 9.86. The van der Waals surface area contributed by atoms with E-state index < -0.39 is 11.9 Å². The van der Waals surface area contributed by atoms with Gasteiger partial charge in [-0.25, -0.2) is 8.78 Å². The van der Waals surface area contributed by atoms with Gasteiger partial charge in [0.05, 0.1) is 6.42 Å². The Balaban J connectivity index is 2.28. The molecule has 1 aromatic carbocycles. The van der Waals surface area contributed by atoms with Gasteiger partial charge in [-0.05, 0) is 42.7 Å². The number of carboxylic acids is 1. The fourth-order valence-electron chi connectivity index (χ4n) is 2.61. The molecule has 19 heavy (non-hydrogen) atoms. The fourth-order valence-corrected chi connectivity index (χ4v) is 2.61. The summed E-state index contributed by atoms with van der Waals surface area (Å²) < 4.78 is 26.4. The van der Waals surface area contributed by atoms with Crippen LogP contribution in [0, 0.1) is 5.92 Å². The first-order chi connectivity index (χ1) is 8.87. The van der Waals surface area contributed by atoms with Crippen LogP contribution < -0.4 is 0 Å². The van der Waals surface area contributed by atoms with E-state index in [0.717, 1.165) is 25.3 Å². The van der Waals surface area contributed by atoms with Crippen LogP contribution in [0.2, 0.25) is 0 Å². The highest BCUT2D eigenvalue weighted by molar-refractivity contribution is 5.68. The van der Waals surface area contributed by atoms with Crippen molar-refractivity contribution in [2.45, 2.75) is 44.4 Å². The van der Waals surface area contributed by atoms with Gasteiger partial charge in [-0.2, -0.15) is 0 Å². The van der Waals surface area contributed by atoms with E-state index >= 15 is 0 Å². The van der Waals surface area contributed by atoms with E-state index in [0.29, 0.717) is 11.5 Å². The Kier molecular flexibility index (Phi) is 3.88. The monoisotopic (exact) mass is 268 g/mol. The Labute approximate surface area is 111 Å². The first-order valence-electron chi connectivity index (χ1n) is 6.54. The normalized spacial score (nSPS) is 17.2. The van der Waals surface area contributed by atoms with Crippen molar-refractivity contribution in [3.05, 3.63) is 35.4 Å². The Morgan fingerprint density at radius 3 is 2.58 bits per heavy atom. The number of hydrogen-bond donors (Lipinski definition) is 1. The van der Waals surface area contributed by atoms with Gasteiger partial charge in [-0.15, -0.1) is 0 Å². The Morgan fingerprint density at radius 1 is 1.42 bits per heavy atom. The second-order valence-electron chi connectivity index (χ2n) is 5.49. The highest BCUT2D eigenvalue weighted by Gasteiger charge is 2.35. The first-order valence-corrected chi connectivity index (χ1v) is 6.54. The number of halogens is 2. The van der Waals surface area contributed by atoms with Crippen LogP contribution in [-0.2, 0) is 11.2 Å². The molecule has 0 heterocycles. The molecule has 0 aromatic heterocycles. The summed E-state index contributed by atoms with van der Waals surface area (Å²) in [5.74, 6) is -3.43. The number of benzene rings is 1. The summed E-state index contributed by atoms with van der Waals surface area (Å²) in [4.78, 5) is 11.0. The van der Waals surface area contributed by atoms with Crippen molar-refractivity contribution in [3.63, 3.8) is 0 Å². The SMILES string of the molecule is CC(F)(F)Cc1ccccc1C(CC(=O)O)C1CC1. The summed E-state index contributed by atoms with van der Waals surface area (Å²) in [5.41, 5.74) is 1.36. The predicted octanol–water partition coefficient (Wildman–Crippen LogP) is 3.85. The maximum absolute atomic E-state index is 13.2. The minimum atomic E-state index is -2.77. The van der Waals surface area contributed by atoms with Crippen LogP contribution in [-0.4, -0.2) is 17.0 Å². The molecule has 1 fully saturated rings. The fraction of sp³-hybridized carbons (Fsp3) is 0.533. The molecule has 1 aliphatic rings. The second-order valence-corrected chi connectivity index (χ2v) is 5.49. The summed E-state index contributed by atoms with van der Waals surface area (Å²) in [6.45, 7) is 0.896. The maximum Gasteiger partial charge on any atom is 0.303 e. The number of carboxylic acid groups (broad SMARTS) is 1. The zero-order valence-electron chi connectivity index (χ0n) is 10.9. The summed E-state index contributed by atoms with van der Waals surface area (Å²) in [6.07, 6.45) is 1.69. The van der Waals surface area contributed by atoms with Gasteiger partial charge in [0.1, 0.15) is 0 Å². The van der Waals surface area contributed by atoms with Crippen LogP contribution >= 0.6 is 0 Å². The van der Waals surface area contributed by atoms with Gasteiger partial charge in [0.15, 0.2) is 0 Å². The van der Waals surface area contributed by atoms with Crippen LogP contribution in [0.25, 0.3) is 0 Å². The van der Waals surface area contributed by atoms with Gasteiger partial charge >= 0.3 is 5.97 Å². The third kappa shape index (κ3) is 4.01. The molecular formula is C15H18F2O2. The molecule has 1 unspecified atom stereocenters. The van der Waals surface area contributed by atoms with Gasteiger partial charge in [-0.3, -0.25) is 4.79 Å². The van der Waals surface area contributed by atoms with E-state index in [2.05, 4.69) is 0 Å². The molecule has 1 aromatic rings. The van der Waals surface area contributed by atoms with Crippen molar-refractivity contribution in [1.82, 2.24) is 0 Å². The minimum absolute atomic E-state index is 0.0248. The van der Waals surface area contributed by atoms with Gasteiger partial charge in [0.25, 0.3) is 0 Å². The standard InChI is InChI=1S/C15H18F2O2/c1-15(16,17)9-11-4-2-3-5-12(11)13(8-14(18)19)10-6-7-10/h2-5,10,13H,6-9H2,1H3,(H,18,19). The maximum atomic E-state index is 13.2. The topological polar surface area (TPSA) is 37.3 Å². The lowest BCUT2D eigenvalue weighted by Crippen LogP contribution is -2.17. The molecule has 0 saturated heterocycles. The van der Waals surface area contributed by atoms with E-state index in [9.17, 15) is 13.6 Å². The lowest BCUT2D eigenvalue weighted by Gasteiger charge is -2.20. The number of rotatable bonds is 6. The van der Waals surface area contributed by atoms with E-state index in [1.54, 1.807) is 24.3 Å². The molecule has 1 aliphatic carbocycles. The van der Waals surface area contributed by atoms with Crippen LogP contribution in [0.4, 0.5) is 8.78 Å². The average molecular weight is 268 g/mol. The molecule has 104 valence electrons. The van der Waals surface area contributed by atoms with Gasteiger partial charge in [-0.1, -0.05) is 24.3 Å². The smallest absolute Gasteiger partial charge is 0.303 e. The molecule has 1 atom stereocenters. The highest BCUT2D eigenvalue weighted by Crippen LogP contribution is 2.45. The number of aliphatic carboxylic acids is 1. The third-order valence-electron chi connectivity index (χ3n) is 3.54. The first kappa shape index (κ1) is 14.0. The van der Waals surface area contributed by atoms with Crippen molar-refractivity contribution in [2.75, 3.05) is 0 Å². The molecule has 1 N–H and O–H groups in total. The molecule has 0 bridgehead atoms. The molecular weight excluding hydrogens is 250 g/mol. The minimum Gasteiger partial charge on any atom is -0.481 e. The Morgan fingerprint density at radius 2 is 2.05 bits per heavy atom. The summed E-state index contributed by atoms with van der Waals surface area (Å²) in [7, 11) is 0. The van der Waals surface area contributed by atoms with Gasteiger partial charge < -0.3 is 5.11 Å². The van der Waals surface area contributed by atoms with Gasteiger partial charge in [0, 0.05) is 6.42 Å². The molecule has 4 heteroatoms. The van der Waals surface area contributed by atoms with Crippen molar-refractivity contribution >= 4 is 5.97 Å². The van der Waals surface area contributed by atoms with Crippen LogP contribution in [0.3, 0.4) is 0 Å². The predicted molar refractivity (Wildman–Crippen MR) is 68.5 cm³/mol. The number of hydrogen-bond acceptors (Lipinski definition) is 1. The number of alkyl halides is 2. The van der Waals surface area contributed by atoms with Crippen molar-refractivity contribution in [1.29, 1.82) is 0 Å². The highest BCUT2D eigenvalue weighted by atomic mass is 19.3. The Hall–Kier alpha value is -1.45. The van der Waals surface area contributed by atoms with Crippen LogP contribution in [0.5, 0.6) is 0 Å². The molecule has 0 aliphatic heterocycles.